The fraction of sp³-hybridized carbons (Fsp3) is 0.455. The summed E-state index contributed by atoms with van der Waals surface area (Å²) in [6.45, 7) is 1.22. The van der Waals surface area contributed by atoms with Gasteiger partial charge in [0.25, 0.3) is 0 Å². The van der Waals surface area contributed by atoms with Crippen molar-refractivity contribution in [3.63, 3.8) is 0 Å². The largest absolute Gasteiger partial charge is 0.469 e. The number of nitrogens with zero attached hydrogens (tertiary/aromatic N) is 2. The maximum Gasteiger partial charge on any atom is 0.310 e. The lowest BCUT2D eigenvalue weighted by molar-refractivity contribution is -0.144. The van der Waals surface area contributed by atoms with Crippen LogP contribution in [0.4, 0.5) is 10.2 Å². The van der Waals surface area contributed by atoms with Crippen LogP contribution in [0.25, 0.3) is 0 Å². The first-order chi connectivity index (χ1) is 8.11. The van der Waals surface area contributed by atoms with Crippen LogP contribution in [0, 0.1) is 11.7 Å². The molecule has 18 heavy (non-hydrogen) atoms. The third kappa shape index (κ3) is 3.14. The van der Waals surface area contributed by atoms with Crippen molar-refractivity contribution in [1.29, 1.82) is 0 Å². The van der Waals surface area contributed by atoms with E-state index in [4.69, 9.17) is 4.74 Å². The second-order valence-electron chi connectivity index (χ2n) is 3.91. The number of anilines is 1. The van der Waals surface area contributed by atoms with Crippen LogP contribution < -0.4 is 4.90 Å². The quantitative estimate of drug-likeness (QED) is 0.775. The van der Waals surface area contributed by atoms with Gasteiger partial charge in [-0.05, 0) is 22.4 Å². The lowest BCUT2D eigenvalue weighted by Gasteiger charge is -2.17. The molecule has 1 atom stereocenters. The molecule has 1 aromatic heterocycles. The van der Waals surface area contributed by atoms with E-state index in [9.17, 15) is 9.18 Å². The normalized spacial score (nSPS) is 18.4. The number of pyridine rings is 1. The molecule has 0 bridgehead atoms. The zero-order chi connectivity index (χ0) is 12.4. The van der Waals surface area contributed by atoms with Gasteiger partial charge in [0.1, 0.15) is 11.6 Å². The molecule has 1 aliphatic rings. The van der Waals surface area contributed by atoms with Crippen molar-refractivity contribution in [3.05, 3.63) is 22.6 Å². The molecule has 7 heteroatoms. The summed E-state index contributed by atoms with van der Waals surface area (Å²) in [5.41, 5.74) is 0. The number of rotatable bonds is 2. The Morgan fingerprint density at radius 1 is 1.67 bits per heavy atom. The molecular formula is C11H14BrFN2O2S. The van der Waals surface area contributed by atoms with E-state index >= 15 is 0 Å². The number of carbonyl (C=O) groups is 1. The third-order valence-corrected chi connectivity index (χ3v) is 3.42. The summed E-state index contributed by atoms with van der Waals surface area (Å²) >= 11 is 3.05. The average Bonchev–Trinajstić information content (AvgIpc) is 2.81. The SMILES string of the molecule is COC(=O)[C@H]1CCN(c2cc(F)c(Br)cn2)C1.S. The summed E-state index contributed by atoms with van der Waals surface area (Å²) in [5.74, 6) is -0.160. The summed E-state index contributed by atoms with van der Waals surface area (Å²) in [5, 5.41) is 0. The summed E-state index contributed by atoms with van der Waals surface area (Å²) in [4.78, 5) is 17.4. The number of methoxy groups -OCH3 is 1. The highest BCUT2D eigenvalue weighted by atomic mass is 79.9. The van der Waals surface area contributed by atoms with Crippen LogP contribution in [0.5, 0.6) is 0 Å². The number of aromatic nitrogens is 1. The predicted octanol–water partition coefficient (Wildman–Crippen LogP) is 2.10. The molecule has 0 unspecified atom stereocenters. The molecule has 1 saturated heterocycles. The molecule has 4 nitrogen and oxygen atoms in total. The van der Waals surface area contributed by atoms with Gasteiger partial charge < -0.3 is 9.64 Å². The number of hydrogen-bond acceptors (Lipinski definition) is 4. The maximum absolute atomic E-state index is 13.3. The summed E-state index contributed by atoms with van der Waals surface area (Å²) in [6.07, 6.45) is 2.14. The van der Waals surface area contributed by atoms with Crippen molar-refractivity contribution in [2.24, 2.45) is 5.92 Å². The Labute approximate surface area is 120 Å². The Morgan fingerprint density at radius 2 is 2.39 bits per heavy atom. The molecule has 1 aromatic rings. The highest BCUT2D eigenvalue weighted by molar-refractivity contribution is 9.10. The Balaban J connectivity index is 0.00000162. The van der Waals surface area contributed by atoms with E-state index in [0.29, 0.717) is 29.8 Å². The molecule has 2 heterocycles. The Hall–Kier alpha value is -0.820. The maximum atomic E-state index is 13.3. The predicted molar refractivity (Wildman–Crippen MR) is 74.6 cm³/mol. The van der Waals surface area contributed by atoms with E-state index in [1.165, 1.54) is 19.4 Å². The lowest BCUT2D eigenvalue weighted by atomic mass is 10.1. The number of ether oxygens (including phenoxy) is 1. The number of hydrogen-bond donors (Lipinski definition) is 0. The second kappa shape index (κ2) is 6.38. The molecule has 2 rings (SSSR count). The van der Waals surface area contributed by atoms with E-state index in [1.54, 1.807) is 0 Å². The molecule has 0 aromatic carbocycles. The smallest absolute Gasteiger partial charge is 0.310 e. The van der Waals surface area contributed by atoms with Crippen molar-refractivity contribution in [1.82, 2.24) is 4.98 Å². The fourth-order valence-corrected chi connectivity index (χ4v) is 2.12. The van der Waals surface area contributed by atoms with E-state index in [0.717, 1.165) is 0 Å². The van der Waals surface area contributed by atoms with Gasteiger partial charge in [-0.25, -0.2) is 9.37 Å². The average molecular weight is 337 g/mol. The zero-order valence-corrected chi connectivity index (χ0v) is 12.4. The van der Waals surface area contributed by atoms with Crippen molar-refractivity contribution in [2.75, 3.05) is 25.1 Å². The molecule has 0 amide bonds. The van der Waals surface area contributed by atoms with Gasteiger partial charge in [-0.1, -0.05) is 0 Å². The van der Waals surface area contributed by atoms with Gasteiger partial charge >= 0.3 is 5.97 Å². The van der Waals surface area contributed by atoms with Crippen molar-refractivity contribution < 1.29 is 13.9 Å². The molecule has 0 N–H and O–H groups in total. The molecule has 0 saturated carbocycles. The molecule has 0 spiro atoms. The highest BCUT2D eigenvalue weighted by Gasteiger charge is 2.29. The van der Waals surface area contributed by atoms with Crippen LogP contribution in [0.2, 0.25) is 0 Å². The first-order valence-electron chi connectivity index (χ1n) is 5.25. The third-order valence-electron chi connectivity index (χ3n) is 2.84. The van der Waals surface area contributed by atoms with Gasteiger partial charge in [0.2, 0.25) is 0 Å². The molecule has 0 radical (unpaired) electrons. The van der Waals surface area contributed by atoms with Crippen LogP contribution in [0.15, 0.2) is 16.7 Å². The Bertz CT molecular complexity index is 447. The van der Waals surface area contributed by atoms with Gasteiger partial charge in [0.15, 0.2) is 0 Å². The topological polar surface area (TPSA) is 42.4 Å². The fourth-order valence-electron chi connectivity index (χ4n) is 1.90. The molecule has 1 fully saturated rings. The Kier molecular flexibility index (Phi) is 5.40. The lowest BCUT2D eigenvalue weighted by Crippen LogP contribution is -2.24. The van der Waals surface area contributed by atoms with E-state index in [2.05, 4.69) is 20.9 Å². The van der Waals surface area contributed by atoms with E-state index in [1.807, 2.05) is 4.90 Å². The van der Waals surface area contributed by atoms with E-state index in [-0.39, 0.29) is 31.2 Å². The molecule has 100 valence electrons. The summed E-state index contributed by atoms with van der Waals surface area (Å²) in [6, 6.07) is 1.36. The second-order valence-corrected chi connectivity index (χ2v) is 4.77. The monoisotopic (exact) mass is 336 g/mol. The van der Waals surface area contributed by atoms with Gasteiger partial charge in [-0.15, -0.1) is 0 Å². The summed E-state index contributed by atoms with van der Waals surface area (Å²) < 4.78 is 18.4. The Morgan fingerprint density at radius 3 is 3.00 bits per heavy atom. The van der Waals surface area contributed by atoms with Crippen LogP contribution in [0.1, 0.15) is 6.42 Å². The van der Waals surface area contributed by atoms with Gasteiger partial charge in [0.05, 0.1) is 17.5 Å². The van der Waals surface area contributed by atoms with Crippen molar-refractivity contribution in [2.45, 2.75) is 6.42 Å². The minimum atomic E-state index is -0.350. The first kappa shape index (κ1) is 15.2. The minimum absolute atomic E-state index is 0. The number of esters is 1. The number of halogens is 2. The molecule has 1 aliphatic heterocycles. The highest BCUT2D eigenvalue weighted by Crippen LogP contribution is 2.25. The van der Waals surface area contributed by atoms with Gasteiger partial charge in [-0.2, -0.15) is 13.5 Å². The first-order valence-corrected chi connectivity index (χ1v) is 6.05. The zero-order valence-electron chi connectivity index (χ0n) is 9.82. The van der Waals surface area contributed by atoms with Crippen LogP contribution in [-0.4, -0.2) is 31.2 Å². The van der Waals surface area contributed by atoms with Crippen LogP contribution in [0.3, 0.4) is 0 Å². The van der Waals surface area contributed by atoms with Crippen molar-refractivity contribution >= 4 is 41.2 Å². The summed E-state index contributed by atoms with van der Waals surface area (Å²) in [7, 11) is 1.38. The van der Waals surface area contributed by atoms with E-state index < -0.39 is 0 Å². The van der Waals surface area contributed by atoms with Crippen LogP contribution in [-0.2, 0) is 9.53 Å². The molecule has 0 aliphatic carbocycles. The van der Waals surface area contributed by atoms with Crippen LogP contribution >= 0.6 is 29.4 Å². The van der Waals surface area contributed by atoms with Crippen molar-refractivity contribution in [3.8, 4) is 0 Å². The molecular weight excluding hydrogens is 323 g/mol. The van der Waals surface area contributed by atoms with Gasteiger partial charge in [-0.3, -0.25) is 4.79 Å². The standard InChI is InChI=1S/C11H12BrFN2O2.H2S/c1-17-11(16)7-2-3-15(6-7)10-4-9(13)8(12)5-14-10;/h4-5,7H,2-3,6H2,1H3;1H2/t7-;/m0./s1. The van der Waals surface area contributed by atoms with Gasteiger partial charge in [0, 0.05) is 25.4 Å². The number of carbonyl (C=O) groups excluding carboxylic acids is 1. The minimum Gasteiger partial charge on any atom is -0.469 e.